The van der Waals surface area contributed by atoms with Gasteiger partial charge in [0.25, 0.3) is 5.92 Å². The zero-order chi connectivity index (χ0) is 22.6. The van der Waals surface area contributed by atoms with Gasteiger partial charge in [0.15, 0.2) is 0 Å². The lowest BCUT2D eigenvalue weighted by atomic mass is 10.0. The number of likely N-dealkylation sites (tertiary alicyclic amines) is 1. The van der Waals surface area contributed by atoms with Crippen LogP contribution in [0.1, 0.15) is 42.3 Å². The van der Waals surface area contributed by atoms with E-state index in [1.807, 2.05) is 0 Å². The van der Waals surface area contributed by atoms with Gasteiger partial charge in [0.1, 0.15) is 11.9 Å². The summed E-state index contributed by atoms with van der Waals surface area (Å²) in [5.41, 5.74) is -1.52. The van der Waals surface area contributed by atoms with Crippen molar-refractivity contribution < 1.29 is 26.7 Å². The zero-order valence-corrected chi connectivity index (χ0v) is 16.9. The molecular formula is C19H18ClF5N4O2. The summed E-state index contributed by atoms with van der Waals surface area (Å²) in [6, 6.07) is 2.36. The number of aryl methyl sites for hydroxylation is 1. The number of fused-ring (bicyclic) bond motifs is 1. The van der Waals surface area contributed by atoms with Crippen LogP contribution in [0.15, 0.2) is 23.0 Å². The van der Waals surface area contributed by atoms with E-state index in [1.165, 1.54) is 10.6 Å². The number of carbonyl (C=O) groups excluding carboxylic acids is 1. The Morgan fingerprint density at radius 2 is 2.03 bits per heavy atom. The van der Waals surface area contributed by atoms with Crippen LogP contribution in [0.5, 0.6) is 0 Å². The van der Waals surface area contributed by atoms with E-state index >= 15 is 0 Å². The van der Waals surface area contributed by atoms with Crippen LogP contribution >= 0.6 is 11.6 Å². The fourth-order valence-electron chi connectivity index (χ4n) is 4.06. The summed E-state index contributed by atoms with van der Waals surface area (Å²) < 4.78 is 68.5. The molecule has 1 aromatic carbocycles. The number of hydrogen-bond donors (Lipinski definition) is 0. The summed E-state index contributed by atoms with van der Waals surface area (Å²) >= 11 is 5.63. The average molecular weight is 465 g/mol. The molecule has 3 heterocycles. The number of alkyl halides is 5. The largest absolute Gasteiger partial charge is 0.417 e. The molecule has 0 aliphatic carbocycles. The predicted molar refractivity (Wildman–Crippen MR) is 100 cm³/mol. The third-order valence-electron chi connectivity index (χ3n) is 5.57. The van der Waals surface area contributed by atoms with Crippen LogP contribution in [0.4, 0.5) is 22.0 Å². The van der Waals surface area contributed by atoms with Gasteiger partial charge in [-0.1, -0.05) is 17.7 Å². The molecule has 0 bridgehead atoms. The van der Waals surface area contributed by atoms with Crippen molar-refractivity contribution in [3.05, 3.63) is 50.7 Å². The molecule has 12 heteroatoms. The topological polar surface area (TPSA) is 60.1 Å². The van der Waals surface area contributed by atoms with Crippen LogP contribution in [0.2, 0.25) is 5.02 Å². The minimum atomic E-state index is -4.65. The van der Waals surface area contributed by atoms with E-state index in [1.54, 1.807) is 0 Å². The van der Waals surface area contributed by atoms with Crippen LogP contribution in [-0.4, -0.2) is 44.2 Å². The van der Waals surface area contributed by atoms with Gasteiger partial charge < -0.3 is 4.90 Å². The zero-order valence-electron chi connectivity index (χ0n) is 16.1. The van der Waals surface area contributed by atoms with Crippen LogP contribution < -0.4 is 5.69 Å². The van der Waals surface area contributed by atoms with E-state index in [2.05, 4.69) is 5.10 Å². The van der Waals surface area contributed by atoms with Crippen molar-refractivity contribution in [1.29, 1.82) is 0 Å². The number of benzene rings is 1. The van der Waals surface area contributed by atoms with Crippen molar-refractivity contribution >= 4 is 17.5 Å². The molecule has 2 aliphatic rings. The van der Waals surface area contributed by atoms with Gasteiger partial charge in [-0.3, -0.25) is 9.36 Å². The van der Waals surface area contributed by atoms with Gasteiger partial charge >= 0.3 is 11.9 Å². The van der Waals surface area contributed by atoms with Gasteiger partial charge in [-0.15, -0.1) is 0 Å². The van der Waals surface area contributed by atoms with Crippen molar-refractivity contribution in [2.45, 2.75) is 50.4 Å². The minimum Gasteiger partial charge on any atom is -0.335 e. The third kappa shape index (κ3) is 4.19. The summed E-state index contributed by atoms with van der Waals surface area (Å²) in [6.07, 6.45) is -3.84. The monoisotopic (exact) mass is 464 g/mol. The molecule has 0 spiro atoms. The normalized spacial score (nSPS) is 20.7. The first-order chi connectivity index (χ1) is 14.5. The average Bonchev–Trinajstić information content (AvgIpc) is 3.21. The van der Waals surface area contributed by atoms with E-state index in [9.17, 15) is 31.5 Å². The maximum absolute atomic E-state index is 13.5. The van der Waals surface area contributed by atoms with Crippen LogP contribution in [0.3, 0.4) is 0 Å². The highest BCUT2D eigenvalue weighted by Crippen LogP contribution is 2.35. The van der Waals surface area contributed by atoms with Gasteiger partial charge in [0.2, 0.25) is 5.91 Å². The second kappa shape index (κ2) is 7.61. The number of rotatable bonds is 3. The van der Waals surface area contributed by atoms with Gasteiger partial charge in [-0.25, -0.2) is 18.3 Å². The van der Waals surface area contributed by atoms with Crippen molar-refractivity contribution in [3.8, 4) is 0 Å². The number of aromatic nitrogens is 3. The Balaban J connectivity index is 1.62. The molecule has 31 heavy (non-hydrogen) atoms. The number of carbonyl (C=O) groups is 1. The molecule has 0 radical (unpaired) electrons. The highest BCUT2D eigenvalue weighted by atomic mass is 35.5. The van der Waals surface area contributed by atoms with Crippen molar-refractivity contribution in [2.75, 3.05) is 13.1 Å². The van der Waals surface area contributed by atoms with Gasteiger partial charge in [-0.05, 0) is 30.5 Å². The van der Waals surface area contributed by atoms with E-state index in [-0.39, 0.29) is 18.7 Å². The number of amides is 1. The maximum atomic E-state index is 13.5. The molecule has 2 aliphatic heterocycles. The van der Waals surface area contributed by atoms with E-state index in [0.29, 0.717) is 25.1 Å². The molecule has 1 saturated heterocycles. The minimum absolute atomic E-state index is 0.0917. The molecule has 0 saturated carbocycles. The van der Waals surface area contributed by atoms with Crippen LogP contribution in [0, 0.1) is 0 Å². The molecule has 1 fully saturated rings. The first kappa shape index (κ1) is 21.8. The second-order valence-corrected chi connectivity index (χ2v) is 8.22. The Morgan fingerprint density at radius 3 is 2.68 bits per heavy atom. The van der Waals surface area contributed by atoms with Crippen LogP contribution in [-0.2, 0) is 23.9 Å². The number of halogens is 6. The molecule has 4 rings (SSSR count). The Kier molecular flexibility index (Phi) is 5.35. The quantitative estimate of drug-likeness (QED) is 0.653. The maximum Gasteiger partial charge on any atom is 0.417 e. The Bertz CT molecular complexity index is 1080. The number of nitrogens with zero attached hydrogens (tertiary/aromatic N) is 4. The number of hydrogen-bond acceptors (Lipinski definition) is 3. The molecule has 1 amide bonds. The first-order valence-corrected chi connectivity index (χ1v) is 10.0. The first-order valence-electron chi connectivity index (χ1n) is 9.67. The fourth-order valence-corrected chi connectivity index (χ4v) is 4.29. The fraction of sp³-hybridized carbons (Fsp3) is 0.526. The summed E-state index contributed by atoms with van der Waals surface area (Å²) in [4.78, 5) is 26.8. The van der Waals surface area contributed by atoms with Gasteiger partial charge in [0, 0.05) is 19.4 Å². The Hall–Kier alpha value is -2.43. The third-order valence-corrected chi connectivity index (χ3v) is 5.90. The molecule has 0 N–H and O–H groups in total. The molecular weight excluding hydrogens is 447 g/mol. The molecule has 2 aromatic rings. The lowest BCUT2D eigenvalue weighted by Gasteiger charge is -2.27. The molecule has 1 atom stereocenters. The van der Waals surface area contributed by atoms with E-state index in [0.717, 1.165) is 21.7 Å². The van der Waals surface area contributed by atoms with Gasteiger partial charge in [-0.2, -0.15) is 18.3 Å². The second-order valence-electron chi connectivity index (χ2n) is 7.81. The molecule has 6 nitrogen and oxygen atoms in total. The Morgan fingerprint density at radius 1 is 1.29 bits per heavy atom. The predicted octanol–water partition coefficient (Wildman–Crippen LogP) is 3.51. The van der Waals surface area contributed by atoms with Crippen molar-refractivity contribution in [3.63, 3.8) is 0 Å². The summed E-state index contributed by atoms with van der Waals surface area (Å²) in [7, 11) is 0. The molecule has 1 unspecified atom stereocenters. The smallest absolute Gasteiger partial charge is 0.335 e. The summed E-state index contributed by atoms with van der Waals surface area (Å²) in [5, 5.41) is 3.72. The lowest BCUT2D eigenvalue weighted by molar-refractivity contribution is -0.137. The summed E-state index contributed by atoms with van der Waals surface area (Å²) in [6.45, 7) is -1.03. The van der Waals surface area contributed by atoms with Crippen LogP contribution in [0.25, 0.3) is 0 Å². The molecule has 1 aromatic heterocycles. The summed E-state index contributed by atoms with van der Waals surface area (Å²) in [5.74, 6) is -3.20. The lowest BCUT2D eigenvalue weighted by Crippen LogP contribution is -2.42. The Labute approximate surface area is 178 Å². The van der Waals surface area contributed by atoms with E-state index in [4.69, 9.17) is 11.6 Å². The highest BCUT2D eigenvalue weighted by Gasteiger charge is 2.43. The standard InChI is InChI=1S/C19H18ClF5N4O2/c20-13-5-4-11(8-12(13)19(23,24)25)9-28-17(31)29-14(2-1-3-15(29)26-28)16(30)27-7-6-18(21,22)10-27/h4-5,8,14H,1-3,6-7,9-10H2. The van der Waals surface area contributed by atoms with E-state index < -0.39 is 53.3 Å². The molecule has 168 valence electrons. The van der Waals surface area contributed by atoms with Crippen molar-refractivity contribution in [2.24, 2.45) is 0 Å². The van der Waals surface area contributed by atoms with Crippen molar-refractivity contribution in [1.82, 2.24) is 19.2 Å². The SMILES string of the molecule is O=C(C1CCCc2nn(Cc3ccc(Cl)c(C(F)(F)F)c3)c(=O)n21)N1CCC(F)(F)C1. The highest BCUT2D eigenvalue weighted by molar-refractivity contribution is 6.31. The van der Waals surface area contributed by atoms with Gasteiger partial charge in [0.05, 0.1) is 23.7 Å².